The zero-order chi connectivity index (χ0) is 29.9. The van der Waals surface area contributed by atoms with E-state index >= 15 is 0 Å². The quantitative estimate of drug-likeness (QED) is 0.249. The predicted octanol–water partition coefficient (Wildman–Crippen LogP) is 5.38. The van der Waals surface area contributed by atoms with E-state index in [2.05, 4.69) is 15.1 Å². The van der Waals surface area contributed by atoms with Gasteiger partial charge in [-0.1, -0.05) is 41.9 Å². The molecule has 41 heavy (non-hydrogen) atoms. The van der Waals surface area contributed by atoms with Gasteiger partial charge in [-0.15, -0.1) is 0 Å². The van der Waals surface area contributed by atoms with E-state index in [4.69, 9.17) is 32.5 Å². The van der Waals surface area contributed by atoms with E-state index in [1.807, 2.05) is 0 Å². The van der Waals surface area contributed by atoms with Gasteiger partial charge in [0.15, 0.2) is 0 Å². The first-order valence-electron chi connectivity index (χ1n) is 12.6. The van der Waals surface area contributed by atoms with E-state index in [-0.39, 0.29) is 46.3 Å². The number of alkyl halides is 3. The lowest BCUT2D eigenvalue weighted by Crippen LogP contribution is -2.35. The Morgan fingerprint density at radius 1 is 1.07 bits per heavy atom. The topological polar surface area (TPSA) is 131 Å². The molecule has 4 N–H and O–H groups in total. The lowest BCUT2D eigenvalue weighted by Gasteiger charge is -2.24. The fourth-order valence-electron chi connectivity index (χ4n) is 4.03. The van der Waals surface area contributed by atoms with Crippen molar-refractivity contribution in [2.24, 2.45) is 5.73 Å². The van der Waals surface area contributed by atoms with Crippen LogP contribution in [0.2, 0.25) is 5.02 Å². The molecule has 0 fully saturated rings. The minimum absolute atomic E-state index is 0.0984. The van der Waals surface area contributed by atoms with E-state index in [1.165, 1.54) is 35.1 Å². The number of rotatable bonds is 9. The molecule has 0 spiro atoms. The SMILES string of the molecule is Cc1ccn(-c2cc(Cl)ccc2[C@@H](Oc2cc(-c3ccc(C[C@H](N)C(=O)OC(C)C)cc3)nc(N)n2)C(F)(F)F)n1. The van der Waals surface area contributed by atoms with E-state index in [0.717, 1.165) is 5.56 Å². The number of hydrogen-bond donors (Lipinski definition) is 2. The Bertz CT molecular complexity index is 1530. The summed E-state index contributed by atoms with van der Waals surface area (Å²) in [7, 11) is 0. The molecule has 0 unspecified atom stereocenters. The van der Waals surface area contributed by atoms with Crippen molar-refractivity contribution in [1.82, 2.24) is 19.7 Å². The van der Waals surface area contributed by atoms with Gasteiger partial charge in [0.2, 0.25) is 17.9 Å². The van der Waals surface area contributed by atoms with Crippen LogP contribution in [-0.2, 0) is 16.0 Å². The maximum absolute atomic E-state index is 14.4. The number of nitrogens with zero attached hydrogens (tertiary/aromatic N) is 4. The Hall–Kier alpha value is -4.16. The third-order valence-corrected chi connectivity index (χ3v) is 6.10. The van der Waals surface area contributed by atoms with Crippen LogP contribution in [0.4, 0.5) is 19.1 Å². The molecule has 2 atom stereocenters. The molecule has 0 radical (unpaired) electrons. The Morgan fingerprint density at radius 2 is 1.78 bits per heavy atom. The molecule has 0 aliphatic carbocycles. The number of aromatic nitrogens is 4. The van der Waals surface area contributed by atoms with E-state index in [0.29, 0.717) is 11.3 Å². The highest BCUT2D eigenvalue weighted by Gasteiger charge is 2.45. The minimum Gasteiger partial charge on any atom is -0.462 e. The number of halogens is 4. The number of carbonyl (C=O) groups excluding carboxylic acids is 1. The number of ether oxygens (including phenoxy) is 2. The van der Waals surface area contributed by atoms with Crippen LogP contribution in [0, 0.1) is 6.92 Å². The molecule has 0 amide bonds. The van der Waals surface area contributed by atoms with Crippen LogP contribution >= 0.6 is 11.6 Å². The Balaban J connectivity index is 1.62. The summed E-state index contributed by atoms with van der Waals surface area (Å²) in [5.41, 5.74) is 13.8. The molecule has 0 aliphatic rings. The van der Waals surface area contributed by atoms with Gasteiger partial charge < -0.3 is 20.9 Å². The summed E-state index contributed by atoms with van der Waals surface area (Å²) in [5.74, 6) is -1.17. The van der Waals surface area contributed by atoms with Crippen molar-refractivity contribution in [3.63, 3.8) is 0 Å². The highest BCUT2D eigenvalue weighted by molar-refractivity contribution is 6.30. The molecule has 2 heterocycles. The van der Waals surface area contributed by atoms with Crippen LogP contribution in [0.1, 0.15) is 36.8 Å². The highest BCUT2D eigenvalue weighted by Crippen LogP contribution is 2.40. The van der Waals surface area contributed by atoms with Gasteiger partial charge in [0, 0.05) is 28.4 Å². The van der Waals surface area contributed by atoms with Crippen LogP contribution in [0.15, 0.2) is 60.8 Å². The van der Waals surface area contributed by atoms with E-state index < -0.39 is 24.3 Å². The molecular formula is C28H28ClF3N6O3. The Labute approximate surface area is 239 Å². The van der Waals surface area contributed by atoms with E-state index in [1.54, 1.807) is 51.1 Å². The summed E-state index contributed by atoms with van der Waals surface area (Å²) in [6, 6.07) is 12.8. The molecule has 0 bridgehead atoms. The lowest BCUT2D eigenvalue weighted by atomic mass is 10.0. The lowest BCUT2D eigenvalue weighted by molar-refractivity contribution is -0.198. The predicted molar refractivity (Wildman–Crippen MR) is 148 cm³/mol. The van der Waals surface area contributed by atoms with Gasteiger partial charge in [-0.05, 0) is 51.0 Å². The Kier molecular flexibility index (Phi) is 8.83. The summed E-state index contributed by atoms with van der Waals surface area (Å²) >= 11 is 6.11. The van der Waals surface area contributed by atoms with Gasteiger partial charge in [-0.3, -0.25) is 4.79 Å². The third-order valence-electron chi connectivity index (χ3n) is 5.86. The monoisotopic (exact) mass is 588 g/mol. The molecule has 0 saturated carbocycles. The van der Waals surface area contributed by atoms with Crippen molar-refractivity contribution in [1.29, 1.82) is 0 Å². The second kappa shape index (κ2) is 12.1. The summed E-state index contributed by atoms with van der Waals surface area (Å²) in [5, 5.41) is 4.45. The van der Waals surface area contributed by atoms with Gasteiger partial charge >= 0.3 is 12.1 Å². The maximum atomic E-state index is 14.4. The van der Waals surface area contributed by atoms with Gasteiger partial charge in [0.1, 0.15) is 6.04 Å². The molecule has 13 heteroatoms. The number of nitrogens with two attached hydrogens (primary N) is 2. The van der Waals surface area contributed by atoms with Crippen LogP contribution in [0.3, 0.4) is 0 Å². The van der Waals surface area contributed by atoms with Crippen molar-refractivity contribution in [3.05, 3.63) is 82.6 Å². The van der Waals surface area contributed by atoms with Gasteiger partial charge in [-0.2, -0.15) is 23.3 Å². The first-order chi connectivity index (χ1) is 19.3. The molecule has 4 rings (SSSR count). The fraction of sp³-hybridized carbons (Fsp3) is 0.286. The van der Waals surface area contributed by atoms with Crippen molar-refractivity contribution < 1.29 is 27.4 Å². The largest absolute Gasteiger partial charge is 0.462 e. The number of benzene rings is 2. The van der Waals surface area contributed by atoms with Crippen molar-refractivity contribution in [2.45, 2.75) is 51.6 Å². The smallest absolute Gasteiger partial charge is 0.429 e. The number of carbonyl (C=O) groups is 1. The minimum atomic E-state index is -4.83. The van der Waals surface area contributed by atoms with Crippen LogP contribution in [0.25, 0.3) is 16.9 Å². The molecule has 216 valence electrons. The summed E-state index contributed by atoms with van der Waals surface area (Å²) in [6.45, 7) is 5.18. The highest BCUT2D eigenvalue weighted by atomic mass is 35.5. The average molecular weight is 589 g/mol. The summed E-state index contributed by atoms with van der Waals surface area (Å²) < 4.78 is 55.0. The zero-order valence-corrected chi connectivity index (χ0v) is 23.1. The summed E-state index contributed by atoms with van der Waals surface area (Å²) in [6.07, 6.45) is -5.77. The van der Waals surface area contributed by atoms with Crippen LogP contribution in [-0.4, -0.2) is 44.0 Å². The average Bonchev–Trinajstić information content (AvgIpc) is 3.32. The standard InChI is InChI=1S/C28H28ClF3N6O3/c1-15(2)40-26(39)21(33)12-17-4-6-18(7-5-17)22-14-24(36-27(34)35-22)41-25(28(30,31)32)20-9-8-19(29)13-23(20)38-11-10-16(3)37-38/h4-11,13-15,21,25H,12,33H2,1-3H3,(H2,34,35,36)/t21-,25+/m0/s1. The van der Waals surface area contributed by atoms with Crippen molar-refractivity contribution in [2.75, 3.05) is 5.73 Å². The van der Waals surface area contributed by atoms with Crippen molar-refractivity contribution >= 4 is 23.5 Å². The molecule has 4 aromatic rings. The number of nitrogen functional groups attached to an aromatic ring is 1. The zero-order valence-electron chi connectivity index (χ0n) is 22.4. The van der Waals surface area contributed by atoms with Crippen LogP contribution in [0.5, 0.6) is 5.88 Å². The number of esters is 1. The number of anilines is 1. The molecule has 2 aromatic carbocycles. The number of hydrogen-bond acceptors (Lipinski definition) is 8. The molecular weight excluding hydrogens is 561 g/mol. The number of aryl methyl sites for hydroxylation is 1. The first kappa shape index (κ1) is 29.8. The fourth-order valence-corrected chi connectivity index (χ4v) is 4.20. The second-order valence-electron chi connectivity index (χ2n) is 9.59. The second-order valence-corrected chi connectivity index (χ2v) is 10.0. The molecule has 0 saturated heterocycles. The summed E-state index contributed by atoms with van der Waals surface area (Å²) in [4.78, 5) is 20.1. The normalized spacial score (nSPS) is 13.2. The third kappa shape index (κ3) is 7.53. The van der Waals surface area contributed by atoms with Gasteiger partial charge in [0.05, 0.1) is 23.2 Å². The molecule has 2 aromatic heterocycles. The van der Waals surface area contributed by atoms with E-state index in [9.17, 15) is 18.0 Å². The van der Waals surface area contributed by atoms with Crippen molar-refractivity contribution in [3.8, 4) is 22.8 Å². The molecule has 9 nitrogen and oxygen atoms in total. The Morgan fingerprint density at radius 3 is 2.39 bits per heavy atom. The van der Waals surface area contributed by atoms with Crippen LogP contribution < -0.4 is 16.2 Å². The van der Waals surface area contributed by atoms with Gasteiger partial charge in [-0.25, -0.2) is 9.67 Å². The maximum Gasteiger partial charge on any atom is 0.429 e. The molecule has 0 aliphatic heterocycles. The van der Waals surface area contributed by atoms with Gasteiger partial charge in [0.25, 0.3) is 0 Å². The first-order valence-corrected chi connectivity index (χ1v) is 12.9.